The van der Waals surface area contributed by atoms with Gasteiger partial charge in [-0.3, -0.25) is 4.79 Å². The summed E-state index contributed by atoms with van der Waals surface area (Å²) in [4.78, 5) is 11.6. The van der Waals surface area contributed by atoms with Gasteiger partial charge < -0.3 is 10.1 Å². The highest BCUT2D eigenvalue weighted by Crippen LogP contribution is 2.13. The molecule has 1 amide bonds. The molecule has 2 fully saturated rings. The SMILES string of the molecule is O=C(NCCS(=O)(=O)N1CCCC1)C1CCCO1. The molecule has 0 saturated carbocycles. The second-order valence-electron chi connectivity index (χ2n) is 4.71. The van der Waals surface area contributed by atoms with Gasteiger partial charge in [-0.1, -0.05) is 0 Å². The van der Waals surface area contributed by atoms with Crippen LogP contribution in [-0.2, 0) is 19.6 Å². The van der Waals surface area contributed by atoms with Crippen molar-refractivity contribution in [3.05, 3.63) is 0 Å². The molecule has 0 aromatic heterocycles. The molecule has 2 aliphatic rings. The van der Waals surface area contributed by atoms with Crippen molar-refractivity contribution in [2.45, 2.75) is 31.8 Å². The molecule has 2 aliphatic heterocycles. The van der Waals surface area contributed by atoms with E-state index in [1.165, 1.54) is 4.31 Å². The third-order valence-corrected chi connectivity index (χ3v) is 5.21. The Morgan fingerprint density at radius 1 is 1.28 bits per heavy atom. The van der Waals surface area contributed by atoms with Crippen LogP contribution in [0.15, 0.2) is 0 Å². The van der Waals surface area contributed by atoms with Crippen molar-refractivity contribution < 1.29 is 17.9 Å². The molecule has 18 heavy (non-hydrogen) atoms. The van der Waals surface area contributed by atoms with E-state index in [9.17, 15) is 13.2 Å². The molecule has 6 nitrogen and oxygen atoms in total. The Morgan fingerprint density at radius 2 is 2.00 bits per heavy atom. The largest absolute Gasteiger partial charge is 0.368 e. The van der Waals surface area contributed by atoms with Gasteiger partial charge in [-0.05, 0) is 25.7 Å². The Kier molecular flexibility index (Phi) is 4.58. The van der Waals surface area contributed by atoms with E-state index in [4.69, 9.17) is 4.74 Å². The molecule has 1 unspecified atom stereocenters. The lowest BCUT2D eigenvalue weighted by molar-refractivity contribution is -0.129. The first-order valence-electron chi connectivity index (χ1n) is 6.47. The molecule has 0 spiro atoms. The average Bonchev–Trinajstić information content (AvgIpc) is 3.02. The lowest BCUT2D eigenvalue weighted by Crippen LogP contribution is -2.39. The van der Waals surface area contributed by atoms with E-state index in [1.54, 1.807) is 0 Å². The number of nitrogens with one attached hydrogen (secondary N) is 1. The molecule has 0 aromatic rings. The Morgan fingerprint density at radius 3 is 2.61 bits per heavy atom. The quantitative estimate of drug-likeness (QED) is 0.748. The fourth-order valence-corrected chi connectivity index (χ4v) is 3.73. The summed E-state index contributed by atoms with van der Waals surface area (Å²) in [6, 6.07) is 0. The summed E-state index contributed by atoms with van der Waals surface area (Å²) in [6.07, 6.45) is 3.09. The Hall–Kier alpha value is -0.660. The van der Waals surface area contributed by atoms with Crippen LogP contribution in [0.1, 0.15) is 25.7 Å². The van der Waals surface area contributed by atoms with E-state index >= 15 is 0 Å². The van der Waals surface area contributed by atoms with E-state index in [0.717, 1.165) is 25.7 Å². The number of hydrogen-bond donors (Lipinski definition) is 1. The summed E-state index contributed by atoms with van der Waals surface area (Å²) in [5, 5.41) is 2.63. The molecule has 0 bridgehead atoms. The predicted molar refractivity (Wildman–Crippen MR) is 66.6 cm³/mol. The zero-order chi connectivity index (χ0) is 13.0. The Balaban J connectivity index is 1.72. The van der Waals surface area contributed by atoms with Gasteiger partial charge in [0.15, 0.2) is 0 Å². The summed E-state index contributed by atoms with van der Waals surface area (Å²) >= 11 is 0. The maximum atomic E-state index is 11.9. The van der Waals surface area contributed by atoms with Gasteiger partial charge >= 0.3 is 0 Å². The lowest BCUT2D eigenvalue weighted by atomic mass is 10.2. The molecule has 7 heteroatoms. The third kappa shape index (κ3) is 3.43. The summed E-state index contributed by atoms with van der Waals surface area (Å²) in [6.45, 7) is 2.01. The topological polar surface area (TPSA) is 75.7 Å². The number of carbonyl (C=O) groups excluding carboxylic acids is 1. The van der Waals surface area contributed by atoms with Crippen molar-refractivity contribution in [1.82, 2.24) is 9.62 Å². The third-order valence-electron chi connectivity index (χ3n) is 3.34. The molecule has 2 heterocycles. The van der Waals surface area contributed by atoms with Crippen molar-refractivity contribution >= 4 is 15.9 Å². The van der Waals surface area contributed by atoms with Crippen molar-refractivity contribution in [3.63, 3.8) is 0 Å². The Bertz CT molecular complexity index is 384. The molecule has 0 aliphatic carbocycles. The highest BCUT2D eigenvalue weighted by Gasteiger charge is 2.26. The van der Waals surface area contributed by atoms with Crippen molar-refractivity contribution in [3.8, 4) is 0 Å². The van der Waals surface area contributed by atoms with Gasteiger partial charge in [0.25, 0.3) is 0 Å². The minimum Gasteiger partial charge on any atom is -0.368 e. The van der Waals surface area contributed by atoms with E-state index in [2.05, 4.69) is 5.32 Å². The number of sulfonamides is 1. The molecular formula is C11H20N2O4S. The van der Waals surface area contributed by atoms with Gasteiger partial charge in [-0.2, -0.15) is 0 Å². The van der Waals surface area contributed by atoms with Gasteiger partial charge in [-0.15, -0.1) is 0 Å². The van der Waals surface area contributed by atoms with Crippen molar-refractivity contribution in [1.29, 1.82) is 0 Å². The van der Waals surface area contributed by atoms with Crippen LogP contribution in [0, 0.1) is 0 Å². The predicted octanol–water partition coefficient (Wildman–Crippen LogP) is -0.293. The first-order chi connectivity index (χ1) is 8.59. The van der Waals surface area contributed by atoms with Crippen molar-refractivity contribution in [2.75, 3.05) is 32.0 Å². The first kappa shape index (κ1) is 13.8. The molecule has 2 saturated heterocycles. The number of ether oxygens (including phenoxy) is 1. The minimum atomic E-state index is -3.20. The van der Waals surface area contributed by atoms with Crippen LogP contribution in [0.25, 0.3) is 0 Å². The molecule has 1 atom stereocenters. The van der Waals surface area contributed by atoms with E-state index in [1.807, 2.05) is 0 Å². The smallest absolute Gasteiger partial charge is 0.249 e. The van der Waals surface area contributed by atoms with Gasteiger partial charge in [0, 0.05) is 26.2 Å². The van der Waals surface area contributed by atoms with Crippen LogP contribution in [0.5, 0.6) is 0 Å². The number of hydrogen-bond acceptors (Lipinski definition) is 4. The number of nitrogens with zero attached hydrogens (tertiary/aromatic N) is 1. The standard InChI is InChI=1S/C11H20N2O4S/c14-11(10-4-3-8-17-10)12-5-9-18(15,16)13-6-1-2-7-13/h10H,1-9H2,(H,12,14). The summed E-state index contributed by atoms with van der Waals surface area (Å²) in [5.41, 5.74) is 0. The normalized spacial score (nSPS) is 25.4. The van der Waals surface area contributed by atoms with Gasteiger partial charge in [0.2, 0.25) is 15.9 Å². The summed E-state index contributed by atoms with van der Waals surface area (Å²) in [5.74, 6) is -0.213. The van der Waals surface area contributed by atoms with Crippen LogP contribution >= 0.6 is 0 Å². The van der Waals surface area contributed by atoms with E-state index in [0.29, 0.717) is 19.7 Å². The molecule has 0 radical (unpaired) electrons. The second kappa shape index (κ2) is 5.99. The van der Waals surface area contributed by atoms with Crippen LogP contribution in [0.3, 0.4) is 0 Å². The molecule has 1 N–H and O–H groups in total. The Labute approximate surface area is 108 Å². The zero-order valence-corrected chi connectivity index (χ0v) is 11.2. The summed E-state index contributed by atoms with van der Waals surface area (Å²) < 4.78 is 30.5. The van der Waals surface area contributed by atoms with E-state index < -0.39 is 10.0 Å². The maximum Gasteiger partial charge on any atom is 0.249 e. The lowest BCUT2D eigenvalue weighted by Gasteiger charge is -2.16. The molecule has 0 aromatic carbocycles. The number of carbonyl (C=O) groups is 1. The van der Waals surface area contributed by atoms with Crippen LogP contribution in [-0.4, -0.2) is 56.7 Å². The fraction of sp³-hybridized carbons (Fsp3) is 0.909. The second-order valence-corrected chi connectivity index (χ2v) is 6.80. The molecule has 2 rings (SSSR count). The molecular weight excluding hydrogens is 256 g/mol. The number of amides is 1. The average molecular weight is 276 g/mol. The fourth-order valence-electron chi connectivity index (χ4n) is 2.30. The molecule has 104 valence electrons. The minimum absolute atomic E-state index is 0.0224. The number of rotatable bonds is 5. The summed E-state index contributed by atoms with van der Waals surface area (Å²) in [7, 11) is -3.20. The van der Waals surface area contributed by atoms with E-state index in [-0.39, 0.29) is 24.3 Å². The van der Waals surface area contributed by atoms with Crippen LogP contribution in [0.4, 0.5) is 0 Å². The van der Waals surface area contributed by atoms with Gasteiger partial charge in [-0.25, -0.2) is 12.7 Å². The van der Waals surface area contributed by atoms with Crippen molar-refractivity contribution in [2.24, 2.45) is 0 Å². The maximum absolute atomic E-state index is 11.9. The first-order valence-corrected chi connectivity index (χ1v) is 8.08. The van der Waals surface area contributed by atoms with Crippen LogP contribution < -0.4 is 5.32 Å². The van der Waals surface area contributed by atoms with Crippen LogP contribution in [0.2, 0.25) is 0 Å². The zero-order valence-electron chi connectivity index (χ0n) is 10.4. The van der Waals surface area contributed by atoms with Gasteiger partial charge in [0.05, 0.1) is 5.75 Å². The highest BCUT2D eigenvalue weighted by atomic mass is 32.2. The highest BCUT2D eigenvalue weighted by molar-refractivity contribution is 7.89. The van der Waals surface area contributed by atoms with Gasteiger partial charge in [0.1, 0.15) is 6.10 Å². The monoisotopic (exact) mass is 276 g/mol.